The van der Waals surface area contributed by atoms with E-state index in [0.29, 0.717) is 0 Å². The summed E-state index contributed by atoms with van der Waals surface area (Å²) in [5, 5.41) is 0. The zero-order valence-electron chi connectivity index (χ0n) is 15.8. The monoisotopic (exact) mass is 324 g/mol. The second-order valence-corrected chi connectivity index (χ2v) is 6.74. The highest BCUT2D eigenvalue weighted by Crippen LogP contribution is 2.25. The van der Waals surface area contributed by atoms with Crippen LogP contribution in [0.2, 0.25) is 0 Å². The van der Waals surface area contributed by atoms with Gasteiger partial charge in [0.1, 0.15) is 5.75 Å². The van der Waals surface area contributed by atoms with Crippen LogP contribution < -0.4 is 4.74 Å². The van der Waals surface area contributed by atoms with Gasteiger partial charge >= 0.3 is 0 Å². The molecule has 0 N–H and O–H groups in total. The van der Waals surface area contributed by atoms with Crippen LogP contribution in [-0.4, -0.2) is 6.61 Å². The number of rotatable bonds is 9. The van der Waals surface area contributed by atoms with Gasteiger partial charge < -0.3 is 4.74 Å². The smallest absolute Gasteiger partial charge is 0.122 e. The molecule has 0 spiro atoms. The maximum absolute atomic E-state index is 5.91. The fourth-order valence-corrected chi connectivity index (χ4v) is 3.05. The highest BCUT2D eigenvalue weighted by Gasteiger charge is 2.08. The Morgan fingerprint density at radius 2 is 1.38 bits per heavy atom. The molecule has 0 aliphatic heterocycles. The first kappa shape index (κ1) is 18.6. The quantitative estimate of drug-likeness (QED) is 0.497. The highest BCUT2D eigenvalue weighted by atomic mass is 16.5. The van der Waals surface area contributed by atoms with E-state index >= 15 is 0 Å². The van der Waals surface area contributed by atoms with Crippen LogP contribution >= 0.6 is 0 Å². The van der Waals surface area contributed by atoms with Crippen molar-refractivity contribution in [3.63, 3.8) is 0 Å². The maximum Gasteiger partial charge on any atom is 0.122 e. The molecule has 0 bridgehead atoms. The molecule has 0 aliphatic rings. The predicted molar refractivity (Wildman–Crippen MR) is 104 cm³/mol. The van der Waals surface area contributed by atoms with Gasteiger partial charge in [-0.25, -0.2) is 0 Å². The third kappa shape index (κ3) is 5.12. The van der Waals surface area contributed by atoms with Gasteiger partial charge in [0.05, 0.1) is 6.61 Å². The lowest BCUT2D eigenvalue weighted by molar-refractivity contribution is 0.307. The van der Waals surface area contributed by atoms with Crippen molar-refractivity contribution in [1.82, 2.24) is 0 Å². The normalized spacial score (nSPS) is 10.8. The molecule has 24 heavy (non-hydrogen) atoms. The second kappa shape index (κ2) is 9.52. The standard InChI is InChI=1S/C23H32O/c1-5-7-17-24-23-16-15-22(18(3)19(23)4)14-13-21-11-9-20(8-6-2)10-12-21/h9-12,15-16H,5-8,13-14,17H2,1-4H3. The SMILES string of the molecule is CCCCOc1ccc(CCc2ccc(CCC)cc2)c(C)c1C. The average Bonchev–Trinajstić information content (AvgIpc) is 2.60. The minimum Gasteiger partial charge on any atom is -0.493 e. The van der Waals surface area contributed by atoms with E-state index in [9.17, 15) is 0 Å². The van der Waals surface area contributed by atoms with Crippen molar-refractivity contribution in [3.8, 4) is 5.75 Å². The van der Waals surface area contributed by atoms with E-state index in [1.807, 2.05) is 0 Å². The molecule has 0 heterocycles. The van der Waals surface area contributed by atoms with Gasteiger partial charge in [0.2, 0.25) is 0 Å². The zero-order valence-corrected chi connectivity index (χ0v) is 15.8. The van der Waals surface area contributed by atoms with Crippen molar-refractivity contribution in [3.05, 3.63) is 64.2 Å². The summed E-state index contributed by atoms with van der Waals surface area (Å²) in [4.78, 5) is 0. The Balaban J connectivity index is 1.98. The van der Waals surface area contributed by atoms with Gasteiger partial charge in [0.25, 0.3) is 0 Å². The first-order valence-corrected chi connectivity index (χ1v) is 9.45. The molecule has 0 radical (unpaired) electrons. The minimum atomic E-state index is 0.820. The molecule has 0 aromatic heterocycles. The molecule has 0 fully saturated rings. The molecule has 0 atom stereocenters. The first-order chi connectivity index (χ1) is 11.7. The van der Waals surface area contributed by atoms with E-state index in [1.54, 1.807) is 0 Å². The summed E-state index contributed by atoms with van der Waals surface area (Å²) in [5.41, 5.74) is 6.98. The first-order valence-electron chi connectivity index (χ1n) is 9.45. The van der Waals surface area contributed by atoms with E-state index in [0.717, 1.165) is 31.6 Å². The molecule has 2 aromatic rings. The number of hydrogen-bond acceptors (Lipinski definition) is 1. The maximum atomic E-state index is 5.91. The van der Waals surface area contributed by atoms with Crippen LogP contribution in [0.4, 0.5) is 0 Å². The molecule has 0 aliphatic carbocycles. The van der Waals surface area contributed by atoms with Gasteiger partial charge in [-0.3, -0.25) is 0 Å². The fourth-order valence-electron chi connectivity index (χ4n) is 3.05. The Kier molecular flexibility index (Phi) is 7.36. The topological polar surface area (TPSA) is 9.23 Å². The van der Waals surface area contributed by atoms with Gasteiger partial charge in [-0.1, -0.05) is 57.0 Å². The van der Waals surface area contributed by atoms with Crippen molar-refractivity contribution in [2.24, 2.45) is 0 Å². The lowest BCUT2D eigenvalue weighted by Crippen LogP contribution is -2.02. The number of benzene rings is 2. The van der Waals surface area contributed by atoms with Crippen molar-refractivity contribution >= 4 is 0 Å². The molecule has 2 rings (SSSR count). The molecule has 0 unspecified atom stereocenters. The molecule has 1 nitrogen and oxygen atoms in total. The number of ether oxygens (including phenoxy) is 1. The number of aryl methyl sites for hydroxylation is 3. The highest BCUT2D eigenvalue weighted by molar-refractivity contribution is 5.44. The molecular weight excluding hydrogens is 292 g/mol. The second-order valence-electron chi connectivity index (χ2n) is 6.74. The number of unbranched alkanes of at least 4 members (excludes halogenated alkanes) is 1. The average molecular weight is 325 g/mol. The van der Waals surface area contributed by atoms with E-state index in [4.69, 9.17) is 4.74 Å². The largest absolute Gasteiger partial charge is 0.493 e. The molecule has 2 aromatic carbocycles. The van der Waals surface area contributed by atoms with Crippen LogP contribution in [0.5, 0.6) is 5.75 Å². The van der Waals surface area contributed by atoms with E-state index in [2.05, 4.69) is 64.1 Å². The van der Waals surface area contributed by atoms with Crippen LogP contribution in [0, 0.1) is 13.8 Å². The molecule has 0 saturated carbocycles. The van der Waals surface area contributed by atoms with Gasteiger partial charge in [0, 0.05) is 0 Å². The van der Waals surface area contributed by atoms with E-state index in [1.165, 1.54) is 47.1 Å². The van der Waals surface area contributed by atoms with Gasteiger partial charge in [-0.2, -0.15) is 0 Å². The van der Waals surface area contributed by atoms with Crippen LogP contribution in [-0.2, 0) is 19.3 Å². The van der Waals surface area contributed by atoms with Crippen LogP contribution in [0.3, 0.4) is 0 Å². The fraction of sp³-hybridized carbons (Fsp3) is 0.478. The van der Waals surface area contributed by atoms with Crippen molar-refractivity contribution in [1.29, 1.82) is 0 Å². The Hall–Kier alpha value is -1.76. The summed E-state index contributed by atoms with van der Waals surface area (Å²) in [6.07, 6.45) is 6.88. The molecular formula is C23H32O. The van der Waals surface area contributed by atoms with E-state index < -0.39 is 0 Å². The summed E-state index contributed by atoms with van der Waals surface area (Å²) in [6, 6.07) is 13.5. The summed E-state index contributed by atoms with van der Waals surface area (Å²) in [7, 11) is 0. The predicted octanol–water partition coefficient (Wildman–Crippen LogP) is 6.22. The third-order valence-electron chi connectivity index (χ3n) is 4.85. The van der Waals surface area contributed by atoms with Crippen LogP contribution in [0.25, 0.3) is 0 Å². The van der Waals surface area contributed by atoms with Crippen molar-refractivity contribution < 1.29 is 4.74 Å². The Bertz CT molecular complexity index is 625. The summed E-state index contributed by atoms with van der Waals surface area (Å²) in [5.74, 6) is 1.05. The van der Waals surface area contributed by atoms with Crippen molar-refractivity contribution in [2.75, 3.05) is 6.61 Å². The zero-order chi connectivity index (χ0) is 17.4. The van der Waals surface area contributed by atoms with Crippen LogP contribution in [0.15, 0.2) is 36.4 Å². The van der Waals surface area contributed by atoms with Crippen molar-refractivity contribution in [2.45, 2.75) is 66.2 Å². The Morgan fingerprint density at radius 3 is 2.00 bits per heavy atom. The lowest BCUT2D eigenvalue weighted by Gasteiger charge is -2.14. The van der Waals surface area contributed by atoms with Crippen LogP contribution in [0.1, 0.15) is 60.9 Å². The minimum absolute atomic E-state index is 0.820. The molecule has 1 heteroatoms. The summed E-state index contributed by atoms with van der Waals surface area (Å²) in [6.45, 7) is 9.65. The Labute approximate surface area is 148 Å². The summed E-state index contributed by atoms with van der Waals surface area (Å²) >= 11 is 0. The van der Waals surface area contributed by atoms with Gasteiger partial charge in [0.15, 0.2) is 0 Å². The third-order valence-corrected chi connectivity index (χ3v) is 4.85. The lowest BCUT2D eigenvalue weighted by atomic mass is 9.96. The molecule has 0 saturated heterocycles. The Morgan fingerprint density at radius 1 is 0.708 bits per heavy atom. The van der Waals surface area contributed by atoms with Gasteiger partial charge in [-0.15, -0.1) is 0 Å². The summed E-state index contributed by atoms with van der Waals surface area (Å²) < 4.78 is 5.91. The molecule has 130 valence electrons. The van der Waals surface area contributed by atoms with Gasteiger partial charge in [-0.05, 0) is 73.4 Å². The number of hydrogen-bond donors (Lipinski definition) is 0. The molecule has 0 amide bonds. The van der Waals surface area contributed by atoms with E-state index in [-0.39, 0.29) is 0 Å².